The molecule has 2 aliphatic heterocycles. The summed E-state index contributed by atoms with van der Waals surface area (Å²) in [5.74, 6) is -0.215. The number of likely N-dealkylation sites (tertiary alicyclic amines) is 2. The summed E-state index contributed by atoms with van der Waals surface area (Å²) in [7, 11) is 1.43. The normalized spacial score (nSPS) is 23.8. The van der Waals surface area contributed by atoms with Crippen LogP contribution in [0.25, 0.3) is 0 Å². The lowest BCUT2D eigenvalue weighted by Gasteiger charge is -2.40. The van der Waals surface area contributed by atoms with Crippen LogP contribution in [-0.4, -0.2) is 61.6 Å². The molecule has 0 aliphatic carbocycles. The second-order valence-corrected chi connectivity index (χ2v) is 6.01. The first-order valence-electron chi connectivity index (χ1n) is 7.92. The Balaban J connectivity index is 1.72. The van der Waals surface area contributed by atoms with Gasteiger partial charge in [-0.2, -0.15) is 0 Å². The third-order valence-corrected chi connectivity index (χ3v) is 4.63. The Kier molecular flexibility index (Phi) is 6.05. The fourth-order valence-electron chi connectivity index (χ4n) is 3.26. The first-order valence-corrected chi connectivity index (χ1v) is 7.92. The molecule has 0 saturated carbocycles. The Bertz CT molecular complexity index is 340. The molecule has 0 unspecified atom stereocenters. The van der Waals surface area contributed by atoms with Crippen LogP contribution in [0.1, 0.15) is 39.0 Å². The summed E-state index contributed by atoms with van der Waals surface area (Å²) in [6.07, 6.45) is 8.69. The molecule has 0 amide bonds. The number of rotatable bonds is 4. The molecule has 4 nitrogen and oxygen atoms in total. The van der Waals surface area contributed by atoms with Gasteiger partial charge >= 0.3 is 5.97 Å². The summed E-state index contributed by atoms with van der Waals surface area (Å²) in [4.78, 5) is 16.5. The highest BCUT2D eigenvalue weighted by Gasteiger charge is 2.25. The van der Waals surface area contributed by atoms with Crippen LogP contribution in [0.15, 0.2) is 11.6 Å². The fraction of sp³-hybridized carbons (Fsp3) is 0.812. The monoisotopic (exact) mass is 280 g/mol. The van der Waals surface area contributed by atoms with Gasteiger partial charge in [0.05, 0.1) is 7.11 Å². The van der Waals surface area contributed by atoms with Gasteiger partial charge in [0.1, 0.15) is 0 Å². The molecular weight excluding hydrogens is 252 g/mol. The lowest BCUT2D eigenvalue weighted by molar-refractivity contribution is -0.136. The van der Waals surface area contributed by atoms with E-state index in [2.05, 4.69) is 9.80 Å². The van der Waals surface area contributed by atoms with E-state index < -0.39 is 0 Å². The lowest BCUT2D eigenvalue weighted by atomic mass is 10.00. The Morgan fingerprint density at radius 1 is 1.15 bits per heavy atom. The largest absolute Gasteiger partial charge is 0.466 e. The average Bonchev–Trinajstić information content (AvgIpc) is 2.53. The Morgan fingerprint density at radius 3 is 2.40 bits per heavy atom. The second-order valence-electron chi connectivity index (χ2n) is 6.01. The summed E-state index contributed by atoms with van der Waals surface area (Å²) in [5.41, 5.74) is 0.714. The van der Waals surface area contributed by atoms with Crippen molar-refractivity contribution < 1.29 is 9.53 Å². The number of carbonyl (C=O) groups excluding carboxylic acids is 1. The highest BCUT2D eigenvalue weighted by Crippen LogP contribution is 2.20. The molecule has 0 atom stereocenters. The maximum Gasteiger partial charge on any atom is 0.333 e. The van der Waals surface area contributed by atoms with Crippen LogP contribution in [0.2, 0.25) is 0 Å². The highest BCUT2D eigenvalue weighted by molar-refractivity contribution is 5.87. The van der Waals surface area contributed by atoms with Gasteiger partial charge in [0.15, 0.2) is 0 Å². The van der Waals surface area contributed by atoms with E-state index in [1.807, 2.05) is 13.0 Å². The number of methoxy groups -OCH3 is 1. The van der Waals surface area contributed by atoms with Crippen molar-refractivity contribution in [2.75, 3.05) is 39.8 Å². The van der Waals surface area contributed by atoms with Crippen molar-refractivity contribution in [3.8, 4) is 0 Å². The third-order valence-electron chi connectivity index (χ3n) is 4.63. The van der Waals surface area contributed by atoms with E-state index in [0.717, 1.165) is 25.7 Å². The number of hydrogen-bond acceptors (Lipinski definition) is 4. The van der Waals surface area contributed by atoms with E-state index in [-0.39, 0.29) is 5.97 Å². The fourth-order valence-corrected chi connectivity index (χ4v) is 3.26. The molecule has 0 spiro atoms. The first-order chi connectivity index (χ1) is 9.70. The molecule has 0 bridgehead atoms. The van der Waals surface area contributed by atoms with E-state index in [0.29, 0.717) is 5.57 Å². The molecule has 0 aromatic carbocycles. The smallest absolute Gasteiger partial charge is 0.333 e. The minimum absolute atomic E-state index is 0.215. The predicted molar refractivity (Wildman–Crippen MR) is 80.7 cm³/mol. The van der Waals surface area contributed by atoms with E-state index in [4.69, 9.17) is 4.74 Å². The minimum Gasteiger partial charge on any atom is -0.466 e. The molecule has 114 valence electrons. The number of hydrogen-bond donors (Lipinski definition) is 0. The summed E-state index contributed by atoms with van der Waals surface area (Å²) < 4.78 is 4.72. The number of esters is 1. The van der Waals surface area contributed by atoms with Gasteiger partial charge in [0.25, 0.3) is 0 Å². The SMILES string of the molecule is COC(=O)C(C)=CCN1CCC(N2CCCCC2)CC1. The van der Waals surface area contributed by atoms with Crippen LogP contribution >= 0.6 is 0 Å². The van der Waals surface area contributed by atoms with Gasteiger partial charge in [-0.05, 0) is 58.8 Å². The molecule has 20 heavy (non-hydrogen) atoms. The second kappa shape index (κ2) is 7.79. The molecule has 4 heteroatoms. The van der Waals surface area contributed by atoms with Crippen LogP contribution in [-0.2, 0) is 9.53 Å². The lowest BCUT2D eigenvalue weighted by Crippen LogP contribution is -2.46. The van der Waals surface area contributed by atoms with Gasteiger partial charge in [-0.1, -0.05) is 12.5 Å². The van der Waals surface area contributed by atoms with Crippen LogP contribution in [0.3, 0.4) is 0 Å². The molecule has 2 rings (SSSR count). The minimum atomic E-state index is -0.215. The van der Waals surface area contributed by atoms with Gasteiger partial charge in [-0.15, -0.1) is 0 Å². The third kappa shape index (κ3) is 4.32. The van der Waals surface area contributed by atoms with E-state index in [1.165, 1.54) is 52.3 Å². The van der Waals surface area contributed by atoms with Crippen molar-refractivity contribution in [3.63, 3.8) is 0 Å². The summed E-state index contributed by atoms with van der Waals surface area (Å²) in [6.45, 7) is 7.58. The van der Waals surface area contributed by atoms with Crippen LogP contribution in [0, 0.1) is 0 Å². The van der Waals surface area contributed by atoms with Gasteiger partial charge in [-0.3, -0.25) is 4.90 Å². The number of nitrogens with zero attached hydrogens (tertiary/aromatic N) is 2. The summed E-state index contributed by atoms with van der Waals surface area (Å²) in [5, 5.41) is 0. The first kappa shape index (κ1) is 15.5. The summed E-state index contributed by atoms with van der Waals surface area (Å²) in [6, 6.07) is 0.789. The maximum absolute atomic E-state index is 11.3. The van der Waals surface area contributed by atoms with Crippen LogP contribution in [0.4, 0.5) is 0 Å². The molecule has 0 N–H and O–H groups in total. The summed E-state index contributed by atoms with van der Waals surface area (Å²) >= 11 is 0. The molecule has 0 radical (unpaired) electrons. The zero-order valence-corrected chi connectivity index (χ0v) is 12.9. The Hall–Kier alpha value is -0.870. The topological polar surface area (TPSA) is 32.8 Å². The zero-order valence-electron chi connectivity index (χ0n) is 12.9. The van der Waals surface area contributed by atoms with E-state index >= 15 is 0 Å². The Morgan fingerprint density at radius 2 is 1.80 bits per heavy atom. The molecule has 0 aromatic rings. The number of carbonyl (C=O) groups is 1. The van der Waals surface area contributed by atoms with Gasteiger partial charge in [-0.25, -0.2) is 4.79 Å². The van der Waals surface area contributed by atoms with Crippen molar-refractivity contribution in [2.45, 2.75) is 45.1 Å². The maximum atomic E-state index is 11.3. The quantitative estimate of drug-likeness (QED) is 0.583. The van der Waals surface area contributed by atoms with Gasteiger partial charge in [0, 0.05) is 18.2 Å². The predicted octanol–water partition coefficient (Wildman–Crippen LogP) is 2.06. The number of piperidine rings is 2. The van der Waals surface area contributed by atoms with Gasteiger partial charge < -0.3 is 9.64 Å². The van der Waals surface area contributed by atoms with Crippen LogP contribution in [0.5, 0.6) is 0 Å². The average molecular weight is 280 g/mol. The standard InChI is InChI=1S/C16H28N2O2/c1-14(16(19)20-2)6-11-17-12-7-15(8-13-17)18-9-4-3-5-10-18/h6,15H,3-5,7-13H2,1-2H3. The van der Waals surface area contributed by atoms with Crippen LogP contribution < -0.4 is 0 Å². The zero-order chi connectivity index (χ0) is 14.4. The molecular formula is C16H28N2O2. The molecule has 2 saturated heterocycles. The molecule has 2 aliphatic rings. The van der Waals surface area contributed by atoms with E-state index in [1.54, 1.807) is 0 Å². The van der Waals surface area contributed by atoms with Crippen molar-refractivity contribution >= 4 is 5.97 Å². The van der Waals surface area contributed by atoms with Crippen molar-refractivity contribution in [3.05, 3.63) is 11.6 Å². The van der Waals surface area contributed by atoms with Crippen molar-refractivity contribution in [1.82, 2.24) is 9.80 Å². The van der Waals surface area contributed by atoms with Crippen molar-refractivity contribution in [2.24, 2.45) is 0 Å². The van der Waals surface area contributed by atoms with E-state index in [9.17, 15) is 4.79 Å². The molecule has 0 aromatic heterocycles. The van der Waals surface area contributed by atoms with Crippen molar-refractivity contribution in [1.29, 1.82) is 0 Å². The molecule has 2 fully saturated rings. The molecule has 2 heterocycles. The highest BCUT2D eigenvalue weighted by atomic mass is 16.5. The number of ether oxygens (including phenoxy) is 1. The van der Waals surface area contributed by atoms with Gasteiger partial charge in [0.2, 0.25) is 0 Å². The Labute approximate surface area is 122 Å².